The third-order valence-electron chi connectivity index (χ3n) is 3.97. The van der Waals surface area contributed by atoms with Crippen LogP contribution in [0, 0.1) is 0 Å². The fourth-order valence-corrected chi connectivity index (χ4v) is 3.47. The number of amides is 1. The second-order valence-corrected chi connectivity index (χ2v) is 8.56. The van der Waals surface area contributed by atoms with Gasteiger partial charge >= 0.3 is 0 Å². The molecule has 2 aromatic carbocycles. The Morgan fingerprint density at radius 3 is 2.15 bits per heavy atom. The number of rotatable bonds is 5. The van der Waals surface area contributed by atoms with E-state index in [-0.39, 0.29) is 27.7 Å². The number of ether oxygens (including phenoxy) is 1. The van der Waals surface area contributed by atoms with Crippen molar-refractivity contribution in [3.05, 3.63) is 53.6 Å². The van der Waals surface area contributed by atoms with E-state index in [0.29, 0.717) is 5.56 Å². The van der Waals surface area contributed by atoms with Gasteiger partial charge in [0.2, 0.25) is 0 Å². The molecular weight excluding hydrogens is 352 g/mol. The number of carbonyl (C=O) groups excluding carboxylic acids is 1. The summed E-state index contributed by atoms with van der Waals surface area (Å²) in [6.45, 7) is 6.19. The van der Waals surface area contributed by atoms with Gasteiger partial charge in [0.1, 0.15) is 5.75 Å². The van der Waals surface area contributed by atoms with E-state index >= 15 is 0 Å². The van der Waals surface area contributed by atoms with Gasteiger partial charge in [-0.1, -0.05) is 32.9 Å². The van der Waals surface area contributed by atoms with Gasteiger partial charge in [-0.05, 0) is 41.3 Å². The average Bonchev–Trinajstić information content (AvgIpc) is 2.60. The summed E-state index contributed by atoms with van der Waals surface area (Å²) in [5.74, 6) is -0.0172. The zero-order chi connectivity index (χ0) is 19.5. The molecule has 0 fully saturated rings. The van der Waals surface area contributed by atoms with Crippen LogP contribution in [0.25, 0.3) is 0 Å². The maximum absolute atomic E-state index is 12.7. The van der Waals surface area contributed by atoms with Crippen molar-refractivity contribution in [2.45, 2.75) is 31.1 Å². The van der Waals surface area contributed by atoms with Crippen molar-refractivity contribution in [1.29, 1.82) is 0 Å². The number of hydrogen-bond donors (Lipinski definition) is 2. The molecule has 0 heterocycles. The molecule has 0 aliphatic heterocycles. The highest BCUT2D eigenvalue weighted by Gasteiger charge is 2.19. The molecule has 2 N–H and O–H groups in total. The molecule has 0 saturated carbocycles. The first-order chi connectivity index (χ1) is 12.1. The lowest BCUT2D eigenvalue weighted by molar-refractivity contribution is 0.0963. The van der Waals surface area contributed by atoms with Gasteiger partial charge < -0.3 is 10.1 Å². The Morgan fingerprint density at radius 2 is 1.65 bits per heavy atom. The van der Waals surface area contributed by atoms with Crippen LogP contribution in [0.5, 0.6) is 5.75 Å². The number of hydrogen-bond acceptors (Lipinski definition) is 4. The van der Waals surface area contributed by atoms with E-state index in [4.69, 9.17) is 4.74 Å². The molecule has 140 valence electrons. The van der Waals surface area contributed by atoms with Gasteiger partial charge in [0.15, 0.2) is 0 Å². The molecule has 0 bridgehead atoms. The minimum Gasteiger partial charge on any atom is -0.495 e. The van der Waals surface area contributed by atoms with E-state index in [0.717, 1.165) is 5.56 Å². The van der Waals surface area contributed by atoms with Gasteiger partial charge in [0, 0.05) is 12.6 Å². The van der Waals surface area contributed by atoms with Crippen molar-refractivity contribution < 1.29 is 17.9 Å². The van der Waals surface area contributed by atoms with Crippen molar-refractivity contribution >= 4 is 21.6 Å². The Kier molecular flexibility index (Phi) is 5.61. The third-order valence-corrected chi connectivity index (χ3v) is 5.35. The summed E-state index contributed by atoms with van der Waals surface area (Å²) < 4.78 is 33.1. The molecular formula is C19H24N2O4S. The molecule has 1 amide bonds. The molecule has 2 aromatic rings. The number of benzene rings is 2. The Labute approximate surface area is 154 Å². The standard InChI is InChI=1S/C19H24N2O4S/c1-19(2,3)14-7-9-15(10-8-14)26(23,24)21-16-11-6-13(18(22)20-4)12-17(16)25-5/h6-12,21H,1-5H3,(H,20,22). The van der Waals surface area contributed by atoms with Crippen molar-refractivity contribution in [2.75, 3.05) is 18.9 Å². The van der Waals surface area contributed by atoms with Gasteiger partial charge in [-0.15, -0.1) is 0 Å². The lowest BCUT2D eigenvalue weighted by Gasteiger charge is -2.19. The van der Waals surface area contributed by atoms with Crippen LogP contribution in [0.2, 0.25) is 0 Å². The third kappa shape index (κ3) is 4.35. The maximum atomic E-state index is 12.7. The molecule has 0 atom stereocenters. The second-order valence-electron chi connectivity index (χ2n) is 6.87. The van der Waals surface area contributed by atoms with Crippen molar-refractivity contribution in [3.8, 4) is 5.75 Å². The van der Waals surface area contributed by atoms with Crippen LogP contribution in [0.15, 0.2) is 47.4 Å². The zero-order valence-corrected chi connectivity index (χ0v) is 16.4. The van der Waals surface area contributed by atoms with E-state index in [1.54, 1.807) is 24.3 Å². The lowest BCUT2D eigenvalue weighted by Crippen LogP contribution is -2.18. The van der Waals surface area contributed by atoms with Gasteiger partial charge in [-0.25, -0.2) is 8.42 Å². The van der Waals surface area contributed by atoms with Crippen LogP contribution in [0.3, 0.4) is 0 Å². The smallest absolute Gasteiger partial charge is 0.262 e. The Balaban J connectivity index is 2.33. The largest absolute Gasteiger partial charge is 0.495 e. The van der Waals surface area contributed by atoms with Crippen LogP contribution >= 0.6 is 0 Å². The summed E-state index contributed by atoms with van der Waals surface area (Å²) in [5, 5.41) is 2.51. The maximum Gasteiger partial charge on any atom is 0.262 e. The number of anilines is 1. The highest BCUT2D eigenvalue weighted by atomic mass is 32.2. The first-order valence-electron chi connectivity index (χ1n) is 8.12. The van der Waals surface area contributed by atoms with Gasteiger partial charge in [0.05, 0.1) is 17.7 Å². The Bertz CT molecular complexity index is 898. The zero-order valence-electron chi connectivity index (χ0n) is 15.6. The molecule has 0 aliphatic carbocycles. The fourth-order valence-electron chi connectivity index (χ4n) is 2.40. The molecule has 2 rings (SSSR count). The van der Waals surface area contributed by atoms with Crippen LogP contribution in [-0.4, -0.2) is 28.5 Å². The molecule has 0 saturated heterocycles. The summed E-state index contributed by atoms with van der Waals surface area (Å²) in [5.41, 5.74) is 1.63. The van der Waals surface area contributed by atoms with Crippen molar-refractivity contribution in [2.24, 2.45) is 0 Å². The first-order valence-corrected chi connectivity index (χ1v) is 9.60. The molecule has 0 unspecified atom stereocenters. The number of carbonyl (C=O) groups is 1. The van der Waals surface area contributed by atoms with Crippen LogP contribution in [0.4, 0.5) is 5.69 Å². The fraction of sp³-hybridized carbons (Fsp3) is 0.316. The number of sulfonamides is 1. The molecule has 7 heteroatoms. The summed E-state index contributed by atoms with van der Waals surface area (Å²) in [7, 11) is -0.841. The van der Waals surface area contributed by atoms with Crippen molar-refractivity contribution in [1.82, 2.24) is 5.32 Å². The monoisotopic (exact) mass is 376 g/mol. The van der Waals surface area contributed by atoms with Gasteiger partial charge in [-0.2, -0.15) is 0 Å². The van der Waals surface area contributed by atoms with E-state index in [1.807, 2.05) is 0 Å². The molecule has 6 nitrogen and oxygen atoms in total. The molecule has 0 radical (unpaired) electrons. The molecule has 0 aliphatic rings. The SMILES string of the molecule is CNC(=O)c1ccc(NS(=O)(=O)c2ccc(C(C)(C)C)cc2)c(OC)c1. The first kappa shape index (κ1) is 19.8. The quantitative estimate of drug-likeness (QED) is 0.839. The average molecular weight is 376 g/mol. The van der Waals surface area contributed by atoms with Gasteiger partial charge in [0.25, 0.3) is 15.9 Å². The van der Waals surface area contributed by atoms with E-state index in [9.17, 15) is 13.2 Å². The number of methoxy groups -OCH3 is 1. The van der Waals surface area contributed by atoms with E-state index < -0.39 is 10.0 Å². The Morgan fingerprint density at radius 1 is 1.04 bits per heavy atom. The second kappa shape index (κ2) is 7.37. The van der Waals surface area contributed by atoms with E-state index in [2.05, 4.69) is 30.8 Å². The van der Waals surface area contributed by atoms with Crippen LogP contribution in [0.1, 0.15) is 36.7 Å². The van der Waals surface area contributed by atoms with E-state index in [1.165, 1.54) is 32.4 Å². The molecule has 0 aromatic heterocycles. The van der Waals surface area contributed by atoms with Gasteiger partial charge in [-0.3, -0.25) is 9.52 Å². The summed E-state index contributed by atoms with van der Waals surface area (Å²) >= 11 is 0. The van der Waals surface area contributed by atoms with Crippen LogP contribution < -0.4 is 14.8 Å². The lowest BCUT2D eigenvalue weighted by atomic mass is 9.87. The minimum absolute atomic E-state index is 0.0609. The summed E-state index contributed by atoms with van der Waals surface area (Å²) in [4.78, 5) is 11.9. The summed E-state index contributed by atoms with van der Waals surface area (Å²) in [6, 6.07) is 11.3. The summed E-state index contributed by atoms with van der Waals surface area (Å²) in [6.07, 6.45) is 0. The predicted molar refractivity (Wildman–Crippen MR) is 102 cm³/mol. The van der Waals surface area contributed by atoms with Crippen LogP contribution in [-0.2, 0) is 15.4 Å². The predicted octanol–water partition coefficient (Wildman–Crippen LogP) is 3.15. The number of nitrogens with one attached hydrogen (secondary N) is 2. The molecule has 0 spiro atoms. The highest BCUT2D eigenvalue weighted by Crippen LogP contribution is 2.29. The Hall–Kier alpha value is -2.54. The normalized spacial score (nSPS) is 11.7. The highest BCUT2D eigenvalue weighted by molar-refractivity contribution is 7.92. The minimum atomic E-state index is -3.78. The van der Waals surface area contributed by atoms with Crippen molar-refractivity contribution in [3.63, 3.8) is 0 Å². The molecule has 26 heavy (non-hydrogen) atoms. The topological polar surface area (TPSA) is 84.5 Å².